The molecule has 0 bridgehead atoms. The van der Waals surface area contributed by atoms with Crippen LogP contribution in [0.1, 0.15) is 16.7 Å². The van der Waals surface area contributed by atoms with Gasteiger partial charge >= 0.3 is 10.1 Å². The number of hydrogen-bond acceptors (Lipinski definition) is 3. The van der Waals surface area contributed by atoms with Crippen molar-refractivity contribution in [3.63, 3.8) is 0 Å². The Morgan fingerprint density at radius 2 is 1.18 bits per heavy atom. The first-order chi connectivity index (χ1) is 16.1. The van der Waals surface area contributed by atoms with Crippen LogP contribution in [0.4, 0.5) is 8.78 Å². The van der Waals surface area contributed by atoms with Crippen molar-refractivity contribution >= 4 is 20.4 Å². The topological polar surface area (TPSA) is 43.4 Å². The molecule has 0 heterocycles. The molecule has 0 radical (unpaired) electrons. The molecule has 0 saturated heterocycles. The quantitative estimate of drug-likeness (QED) is 0.277. The predicted molar refractivity (Wildman–Crippen MR) is 131 cm³/mol. The summed E-state index contributed by atoms with van der Waals surface area (Å²) in [6, 6.07) is 24.5. The third-order valence-electron chi connectivity index (χ3n) is 5.40. The van der Waals surface area contributed by atoms with Gasteiger partial charge in [-0.2, -0.15) is 8.42 Å². The molecule has 0 saturated carbocycles. The number of aryl methyl sites for hydroxylation is 3. The summed E-state index contributed by atoms with van der Waals surface area (Å²) in [5, 5.41) is 0. The SMILES string of the molecule is Cc1cc(C)c(S(OS(=O)(=O)c2ccc(F)cc2F)(c2ccccc2)c2ccccc2)c(C)c1. The van der Waals surface area contributed by atoms with Crippen molar-refractivity contribution in [3.05, 3.63) is 119 Å². The number of hydrogen-bond donors (Lipinski definition) is 0. The Morgan fingerprint density at radius 1 is 0.676 bits per heavy atom. The molecule has 4 rings (SSSR count). The number of halogens is 2. The minimum atomic E-state index is -4.66. The summed E-state index contributed by atoms with van der Waals surface area (Å²) in [7, 11) is -7.55. The van der Waals surface area contributed by atoms with Gasteiger partial charge in [0.05, 0.1) is 0 Å². The van der Waals surface area contributed by atoms with Crippen molar-refractivity contribution in [1.82, 2.24) is 0 Å². The average molecular weight is 499 g/mol. The lowest BCUT2D eigenvalue weighted by Gasteiger charge is -2.41. The van der Waals surface area contributed by atoms with E-state index in [-0.39, 0.29) is 0 Å². The zero-order valence-electron chi connectivity index (χ0n) is 19.0. The Bertz CT molecular complexity index is 1380. The first-order valence-corrected chi connectivity index (χ1v) is 13.5. The molecule has 0 fully saturated rings. The fraction of sp³-hybridized carbons (Fsp3) is 0.111. The minimum Gasteiger partial charge on any atom is -0.207 e. The van der Waals surface area contributed by atoms with E-state index in [1.165, 1.54) is 0 Å². The molecule has 0 unspecified atom stereocenters. The van der Waals surface area contributed by atoms with E-state index in [2.05, 4.69) is 0 Å². The molecule has 4 aromatic carbocycles. The number of rotatable bonds is 6. The second kappa shape index (κ2) is 9.33. The Kier molecular flexibility index (Phi) is 6.62. The normalized spacial score (nSPS) is 12.5. The maximum absolute atomic E-state index is 14.7. The van der Waals surface area contributed by atoms with Crippen LogP contribution < -0.4 is 0 Å². The fourth-order valence-corrected chi connectivity index (χ4v) is 9.83. The molecule has 0 aromatic heterocycles. The molecule has 7 heteroatoms. The van der Waals surface area contributed by atoms with E-state index in [1.54, 1.807) is 0 Å². The van der Waals surface area contributed by atoms with E-state index in [9.17, 15) is 17.2 Å². The third kappa shape index (κ3) is 4.39. The molecule has 0 aliphatic carbocycles. The summed E-state index contributed by atoms with van der Waals surface area (Å²) in [6.07, 6.45) is 0. The van der Waals surface area contributed by atoms with Gasteiger partial charge in [0.2, 0.25) is 0 Å². The molecule has 4 aromatic rings. The van der Waals surface area contributed by atoms with Gasteiger partial charge in [0, 0.05) is 20.8 Å². The van der Waals surface area contributed by atoms with Crippen molar-refractivity contribution in [2.24, 2.45) is 0 Å². The molecule has 34 heavy (non-hydrogen) atoms. The van der Waals surface area contributed by atoms with Gasteiger partial charge in [-0.25, -0.2) is 12.4 Å². The molecule has 3 nitrogen and oxygen atoms in total. The summed E-state index contributed by atoms with van der Waals surface area (Å²) >= 11 is 0. The highest BCUT2D eigenvalue weighted by atomic mass is 32.3. The zero-order valence-corrected chi connectivity index (χ0v) is 20.6. The summed E-state index contributed by atoms with van der Waals surface area (Å²) in [5.41, 5.74) is 2.74. The fourth-order valence-electron chi connectivity index (χ4n) is 4.18. The van der Waals surface area contributed by atoms with Gasteiger partial charge in [-0.15, -0.1) is 0 Å². The molecule has 0 atom stereocenters. The van der Waals surface area contributed by atoms with Crippen LogP contribution in [0.2, 0.25) is 0 Å². The highest BCUT2D eigenvalue weighted by Crippen LogP contribution is 2.71. The highest BCUT2D eigenvalue weighted by molar-refractivity contribution is 8.33. The van der Waals surface area contributed by atoms with Crippen molar-refractivity contribution < 1.29 is 20.8 Å². The van der Waals surface area contributed by atoms with E-state index in [4.69, 9.17) is 3.63 Å². The first-order valence-electron chi connectivity index (χ1n) is 10.6. The molecule has 0 aliphatic heterocycles. The van der Waals surface area contributed by atoms with Gasteiger partial charge in [-0.1, -0.05) is 54.1 Å². The second-order valence-corrected chi connectivity index (χ2v) is 12.4. The Hall–Kier alpha value is -3.00. The second-order valence-electron chi connectivity index (χ2n) is 8.01. The first kappa shape index (κ1) is 24.1. The van der Waals surface area contributed by atoms with E-state index in [0.29, 0.717) is 15.9 Å². The van der Waals surface area contributed by atoms with Crippen molar-refractivity contribution in [2.45, 2.75) is 40.4 Å². The molecular weight excluding hydrogens is 474 g/mol. The van der Waals surface area contributed by atoms with E-state index >= 15 is 0 Å². The van der Waals surface area contributed by atoms with Gasteiger partial charge in [0.15, 0.2) is 0 Å². The van der Waals surface area contributed by atoms with E-state index in [0.717, 1.165) is 33.7 Å². The lowest BCUT2D eigenvalue weighted by Crippen LogP contribution is -2.17. The largest absolute Gasteiger partial charge is 0.310 e. The van der Waals surface area contributed by atoms with Crippen LogP contribution >= 0.6 is 10.3 Å². The Balaban J connectivity index is 2.10. The lowest BCUT2D eigenvalue weighted by molar-refractivity contribution is 0.493. The monoisotopic (exact) mass is 498 g/mol. The van der Waals surface area contributed by atoms with Crippen LogP contribution in [0.25, 0.3) is 0 Å². The molecular formula is C27H24F2O3S2. The highest BCUT2D eigenvalue weighted by Gasteiger charge is 2.41. The van der Waals surface area contributed by atoms with Gasteiger partial charge in [-0.05, 0) is 78.6 Å². The van der Waals surface area contributed by atoms with Gasteiger partial charge in [0.25, 0.3) is 0 Å². The van der Waals surface area contributed by atoms with Crippen molar-refractivity contribution in [1.29, 1.82) is 0 Å². The average Bonchev–Trinajstić information content (AvgIpc) is 2.78. The van der Waals surface area contributed by atoms with Crippen molar-refractivity contribution in [3.8, 4) is 0 Å². The smallest absolute Gasteiger partial charge is 0.207 e. The van der Waals surface area contributed by atoms with Gasteiger partial charge in [-0.3, -0.25) is 0 Å². The van der Waals surface area contributed by atoms with Crippen LogP contribution in [-0.4, -0.2) is 8.42 Å². The van der Waals surface area contributed by atoms with Crippen LogP contribution in [-0.2, 0) is 13.7 Å². The van der Waals surface area contributed by atoms with Crippen LogP contribution in [0, 0.1) is 32.4 Å². The Morgan fingerprint density at radius 3 is 1.65 bits per heavy atom. The van der Waals surface area contributed by atoms with Gasteiger partial charge in [0.1, 0.15) is 16.5 Å². The zero-order chi connectivity index (χ0) is 24.5. The molecule has 0 spiro atoms. The molecule has 0 amide bonds. The van der Waals surface area contributed by atoms with Crippen molar-refractivity contribution in [2.75, 3.05) is 0 Å². The van der Waals surface area contributed by atoms with Gasteiger partial charge < -0.3 is 0 Å². The predicted octanol–water partition coefficient (Wildman–Crippen LogP) is 7.49. The summed E-state index contributed by atoms with van der Waals surface area (Å²) < 4.78 is 61.6. The van der Waals surface area contributed by atoms with Crippen LogP contribution in [0.5, 0.6) is 0 Å². The van der Waals surface area contributed by atoms with E-state index in [1.807, 2.05) is 93.6 Å². The summed E-state index contributed by atoms with van der Waals surface area (Å²) in [6.45, 7) is 5.80. The Labute approximate surface area is 200 Å². The summed E-state index contributed by atoms with van der Waals surface area (Å²) in [5.74, 6) is -2.07. The maximum atomic E-state index is 14.7. The summed E-state index contributed by atoms with van der Waals surface area (Å²) in [4.78, 5) is 1.30. The molecule has 0 N–H and O–H groups in total. The molecule has 176 valence electrons. The molecule has 0 aliphatic rings. The van der Waals surface area contributed by atoms with Crippen LogP contribution in [0.3, 0.4) is 0 Å². The third-order valence-corrected chi connectivity index (χ3v) is 10.9. The lowest BCUT2D eigenvalue weighted by atomic mass is 10.1. The van der Waals surface area contributed by atoms with Crippen LogP contribution in [0.15, 0.2) is 111 Å². The standard InChI is InChI=1S/C27H24F2O3S2/c1-19-16-20(2)27(21(3)17-19)33(23-10-6-4-7-11-23,24-12-8-5-9-13-24)32-34(30,31)26-15-14-22(28)18-25(26)29/h4-18H,1-3H3. The van der Waals surface area contributed by atoms with E-state index < -0.39 is 37.0 Å². The minimum absolute atomic E-state index is 0.542. The maximum Gasteiger partial charge on any atom is 0.310 e. The number of benzene rings is 4.